The van der Waals surface area contributed by atoms with E-state index in [0.717, 1.165) is 25.7 Å². The van der Waals surface area contributed by atoms with Crippen molar-refractivity contribution in [1.82, 2.24) is 0 Å². The molecule has 2 saturated carbocycles. The average molecular weight is 218 g/mol. The molecule has 2 unspecified atom stereocenters. The van der Waals surface area contributed by atoms with Crippen LogP contribution in [0.25, 0.3) is 0 Å². The summed E-state index contributed by atoms with van der Waals surface area (Å²) in [5, 5.41) is 0. The second kappa shape index (κ2) is 2.72. The number of allylic oxidation sites excluding steroid dienone is 2. The van der Waals surface area contributed by atoms with E-state index in [1.54, 1.807) is 0 Å². The Hall–Kier alpha value is -0.790. The standard InChI is InChI=1S/C14H18O2/c15-12-14(8-10-3-4-11(14)7-10)9-13(16-12)5-1-2-6-13/h3-4,10-11H,1-2,5-9H2/t10-,11?,14?/m1/s1. The summed E-state index contributed by atoms with van der Waals surface area (Å²) in [4.78, 5) is 12.3. The van der Waals surface area contributed by atoms with Crippen LogP contribution >= 0.6 is 0 Å². The lowest BCUT2D eigenvalue weighted by Crippen LogP contribution is -2.31. The lowest BCUT2D eigenvalue weighted by atomic mass is 9.71. The zero-order valence-electron chi connectivity index (χ0n) is 9.58. The van der Waals surface area contributed by atoms with Gasteiger partial charge >= 0.3 is 5.97 Å². The largest absolute Gasteiger partial charge is 0.459 e. The van der Waals surface area contributed by atoms with Crippen LogP contribution in [0.2, 0.25) is 0 Å². The van der Waals surface area contributed by atoms with Crippen LogP contribution in [0.4, 0.5) is 0 Å². The number of hydrogen-bond donors (Lipinski definition) is 0. The molecule has 2 spiro atoms. The van der Waals surface area contributed by atoms with Gasteiger partial charge in [0, 0.05) is 6.42 Å². The third kappa shape index (κ3) is 0.964. The minimum atomic E-state index is -0.107. The first-order valence-corrected chi connectivity index (χ1v) is 6.64. The fourth-order valence-electron chi connectivity index (χ4n) is 4.67. The van der Waals surface area contributed by atoms with Crippen LogP contribution in [-0.2, 0) is 9.53 Å². The summed E-state index contributed by atoms with van der Waals surface area (Å²) in [5.74, 6) is 1.28. The molecule has 0 aromatic rings. The summed E-state index contributed by atoms with van der Waals surface area (Å²) in [6.45, 7) is 0. The molecule has 0 N–H and O–H groups in total. The maximum absolute atomic E-state index is 12.3. The molecule has 1 heterocycles. The van der Waals surface area contributed by atoms with Crippen molar-refractivity contribution in [2.75, 3.05) is 0 Å². The second-order valence-electron chi connectivity index (χ2n) is 6.30. The SMILES string of the molecule is O=C1OC2(CCCC2)CC12C[C@@H]1C=CC2C1. The van der Waals surface area contributed by atoms with Gasteiger partial charge in [-0.2, -0.15) is 0 Å². The zero-order chi connectivity index (χ0) is 10.8. The van der Waals surface area contributed by atoms with Crippen molar-refractivity contribution in [3.05, 3.63) is 12.2 Å². The predicted molar refractivity (Wildman–Crippen MR) is 59.7 cm³/mol. The van der Waals surface area contributed by atoms with Crippen molar-refractivity contribution in [3.63, 3.8) is 0 Å². The molecule has 1 saturated heterocycles. The Morgan fingerprint density at radius 2 is 2.06 bits per heavy atom. The summed E-state index contributed by atoms with van der Waals surface area (Å²) < 4.78 is 5.83. The predicted octanol–water partition coefficient (Wildman–Crippen LogP) is 2.83. The maximum atomic E-state index is 12.3. The van der Waals surface area contributed by atoms with Crippen molar-refractivity contribution in [3.8, 4) is 0 Å². The molecule has 1 aliphatic heterocycles. The van der Waals surface area contributed by atoms with Crippen molar-refractivity contribution in [2.45, 2.75) is 50.5 Å². The Balaban J connectivity index is 1.71. The molecular weight excluding hydrogens is 200 g/mol. The second-order valence-corrected chi connectivity index (χ2v) is 6.30. The molecule has 0 radical (unpaired) electrons. The van der Waals surface area contributed by atoms with Gasteiger partial charge in [0.25, 0.3) is 0 Å². The van der Waals surface area contributed by atoms with Gasteiger partial charge in [-0.1, -0.05) is 12.2 Å². The molecule has 0 aromatic heterocycles. The molecule has 2 bridgehead atoms. The Kier molecular flexibility index (Phi) is 1.57. The molecule has 3 aliphatic carbocycles. The first-order chi connectivity index (χ1) is 7.73. The van der Waals surface area contributed by atoms with Crippen molar-refractivity contribution in [1.29, 1.82) is 0 Å². The lowest BCUT2D eigenvalue weighted by molar-refractivity contribution is -0.154. The molecule has 3 atom stereocenters. The van der Waals surface area contributed by atoms with Crippen molar-refractivity contribution < 1.29 is 9.53 Å². The Morgan fingerprint density at radius 3 is 2.69 bits per heavy atom. The molecule has 2 nitrogen and oxygen atoms in total. The lowest BCUT2D eigenvalue weighted by Gasteiger charge is -2.27. The smallest absolute Gasteiger partial charge is 0.313 e. The van der Waals surface area contributed by atoms with Crippen LogP contribution in [0.3, 0.4) is 0 Å². The van der Waals surface area contributed by atoms with Crippen LogP contribution in [0.15, 0.2) is 12.2 Å². The van der Waals surface area contributed by atoms with Gasteiger partial charge in [-0.05, 0) is 50.4 Å². The van der Waals surface area contributed by atoms with Crippen LogP contribution in [0.1, 0.15) is 44.9 Å². The van der Waals surface area contributed by atoms with Gasteiger partial charge in [0.1, 0.15) is 5.60 Å². The number of esters is 1. The molecular formula is C14H18O2. The van der Waals surface area contributed by atoms with Gasteiger partial charge < -0.3 is 4.74 Å². The third-order valence-electron chi connectivity index (χ3n) is 5.38. The van der Waals surface area contributed by atoms with E-state index >= 15 is 0 Å². The molecule has 4 aliphatic rings. The molecule has 2 heteroatoms. The van der Waals surface area contributed by atoms with Crippen LogP contribution < -0.4 is 0 Å². The van der Waals surface area contributed by atoms with E-state index in [2.05, 4.69) is 12.2 Å². The number of carbonyl (C=O) groups is 1. The van der Waals surface area contributed by atoms with Gasteiger partial charge in [-0.15, -0.1) is 0 Å². The van der Waals surface area contributed by atoms with E-state index in [9.17, 15) is 4.79 Å². The summed E-state index contributed by atoms with van der Waals surface area (Å²) >= 11 is 0. The van der Waals surface area contributed by atoms with Gasteiger partial charge in [0.15, 0.2) is 0 Å². The molecule has 16 heavy (non-hydrogen) atoms. The van der Waals surface area contributed by atoms with Gasteiger partial charge in [-0.3, -0.25) is 4.79 Å². The summed E-state index contributed by atoms with van der Waals surface area (Å²) in [6, 6.07) is 0. The quantitative estimate of drug-likeness (QED) is 0.461. The topological polar surface area (TPSA) is 26.3 Å². The maximum Gasteiger partial charge on any atom is 0.313 e. The van der Waals surface area contributed by atoms with Crippen LogP contribution in [-0.4, -0.2) is 11.6 Å². The fraction of sp³-hybridized carbons (Fsp3) is 0.786. The molecule has 4 rings (SSSR count). The molecule has 0 amide bonds. The van der Waals surface area contributed by atoms with Crippen LogP contribution in [0, 0.1) is 17.3 Å². The van der Waals surface area contributed by atoms with Crippen LogP contribution in [0.5, 0.6) is 0 Å². The van der Waals surface area contributed by atoms with E-state index < -0.39 is 0 Å². The highest BCUT2D eigenvalue weighted by molar-refractivity contribution is 5.81. The highest BCUT2D eigenvalue weighted by Crippen LogP contribution is 2.62. The zero-order valence-corrected chi connectivity index (χ0v) is 9.58. The monoisotopic (exact) mass is 218 g/mol. The van der Waals surface area contributed by atoms with Gasteiger partial charge in [0.2, 0.25) is 0 Å². The average Bonchev–Trinajstić information content (AvgIpc) is 2.96. The Morgan fingerprint density at radius 1 is 1.25 bits per heavy atom. The van der Waals surface area contributed by atoms with E-state index in [4.69, 9.17) is 4.74 Å². The number of fused-ring (bicyclic) bond motifs is 3. The Labute approximate surface area is 96.0 Å². The highest BCUT2D eigenvalue weighted by atomic mass is 16.6. The summed E-state index contributed by atoms with van der Waals surface area (Å²) in [5.41, 5.74) is -0.154. The van der Waals surface area contributed by atoms with E-state index in [-0.39, 0.29) is 17.0 Å². The first-order valence-electron chi connectivity index (χ1n) is 6.64. The number of ether oxygens (including phenoxy) is 1. The molecule has 0 aromatic carbocycles. The van der Waals surface area contributed by atoms with Gasteiger partial charge in [-0.25, -0.2) is 0 Å². The Bertz CT molecular complexity index is 378. The number of hydrogen-bond acceptors (Lipinski definition) is 2. The van der Waals surface area contributed by atoms with E-state index in [0.29, 0.717) is 11.8 Å². The first kappa shape index (κ1) is 9.26. The molecule has 86 valence electrons. The molecule has 3 fully saturated rings. The van der Waals surface area contributed by atoms with Crippen molar-refractivity contribution >= 4 is 5.97 Å². The summed E-state index contributed by atoms with van der Waals surface area (Å²) in [6.07, 6.45) is 12.6. The highest BCUT2D eigenvalue weighted by Gasteiger charge is 2.63. The van der Waals surface area contributed by atoms with E-state index in [1.165, 1.54) is 19.3 Å². The van der Waals surface area contributed by atoms with E-state index in [1.807, 2.05) is 0 Å². The number of rotatable bonds is 0. The third-order valence-corrected chi connectivity index (χ3v) is 5.38. The minimum absolute atomic E-state index is 0.0462. The fourth-order valence-corrected chi connectivity index (χ4v) is 4.67. The minimum Gasteiger partial charge on any atom is -0.459 e. The number of carbonyl (C=O) groups excluding carboxylic acids is 1. The normalized spacial score (nSPS) is 47.4. The van der Waals surface area contributed by atoms with Gasteiger partial charge in [0.05, 0.1) is 5.41 Å². The van der Waals surface area contributed by atoms with Crippen molar-refractivity contribution in [2.24, 2.45) is 17.3 Å². The summed E-state index contributed by atoms with van der Waals surface area (Å²) in [7, 11) is 0.